The third-order valence-corrected chi connectivity index (χ3v) is 3.86. The molecule has 2 rings (SSSR count). The molecule has 4 N–H and O–H groups in total. The number of aromatic carboxylic acids is 2. The molecule has 2 aromatic rings. The summed E-state index contributed by atoms with van der Waals surface area (Å²) in [6, 6.07) is 7.91. The van der Waals surface area contributed by atoms with E-state index in [1.54, 1.807) is 12.1 Å². The standard InChI is InChI=1S/C20H14N4O6/c21-7-15(23-9-13-5-11(19(27)28)1-3-17(13)25)16(8-22)24-10-14-6-12(20(29)30)2-4-18(14)26/h1-6,9-10,15-16,25-26H,(H,27,28)(H,29,30). The summed E-state index contributed by atoms with van der Waals surface area (Å²) in [7, 11) is 0. The largest absolute Gasteiger partial charge is 0.507 e. The zero-order valence-electron chi connectivity index (χ0n) is 15.2. The van der Waals surface area contributed by atoms with Crippen LogP contribution in [0.2, 0.25) is 0 Å². The molecule has 10 heteroatoms. The summed E-state index contributed by atoms with van der Waals surface area (Å²) in [5.41, 5.74) is -0.150. The second kappa shape index (κ2) is 9.48. The molecule has 150 valence electrons. The van der Waals surface area contributed by atoms with Crippen LogP contribution in [-0.2, 0) is 0 Å². The summed E-state index contributed by atoms with van der Waals surface area (Å²) in [5.74, 6) is -2.98. The first kappa shape index (κ1) is 21.6. The summed E-state index contributed by atoms with van der Waals surface area (Å²) < 4.78 is 0. The number of carbonyl (C=O) groups is 2. The SMILES string of the molecule is N#CC(N=Cc1cc(C(=O)O)ccc1O)C(C#N)N=Cc1cc(C(=O)O)ccc1O. The van der Waals surface area contributed by atoms with Gasteiger partial charge in [-0.2, -0.15) is 10.5 Å². The summed E-state index contributed by atoms with van der Waals surface area (Å²) in [5, 5.41) is 56.3. The average Bonchev–Trinajstić information content (AvgIpc) is 2.72. The van der Waals surface area contributed by atoms with Crippen LogP contribution in [-0.4, -0.2) is 56.9 Å². The Kier molecular flexibility index (Phi) is 6.83. The van der Waals surface area contributed by atoms with Crippen molar-refractivity contribution < 1.29 is 30.0 Å². The van der Waals surface area contributed by atoms with E-state index in [0.717, 1.165) is 36.7 Å². The van der Waals surface area contributed by atoms with Crippen LogP contribution in [0.15, 0.2) is 46.4 Å². The number of phenols is 2. The van der Waals surface area contributed by atoms with Crippen LogP contribution < -0.4 is 0 Å². The number of nitrogens with zero attached hydrogens (tertiary/aromatic N) is 4. The smallest absolute Gasteiger partial charge is 0.335 e. The van der Waals surface area contributed by atoms with Gasteiger partial charge in [0, 0.05) is 23.6 Å². The molecule has 2 aromatic carbocycles. The van der Waals surface area contributed by atoms with Crippen molar-refractivity contribution in [1.82, 2.24) is 0 Å². The number of carboxylic acids is 2. The number of nitriles is 2. The Morgan fingerprint density at radius 3 is 1.47 bits per heavy atom. The van der Waals surface area contributed by atoms with Gasteiger partial charge in [0.25, 0.3) is 0 Å². The van der Waals surface area contributed by atoms with Crippen molar-refractivity contribution in [1.29, 1.82) is 10.5 Å². The van der Waals surface area contributed by atoms with Crippen molar-refractivity contribution in [2.24, 2.45) is 9.98 Å². The minimum absolute atomic E-state index is 0.0302. The van der Waals surface area contributed by atoms with Crippen molar-refractivity contribution >= 4 is 24.4 Å². The predicted octanol–water partition coefficient (Wildman–Crippen LogP) is 1.82. The highest BCUT2D eigenvalue weighted by Gasteiger charge is 2.19. The van der Waals surface area contributed by atoms with E-state index in [1.165, 1.54) is 12.1 Å². The molecule has 30 heavy (non-hydrogen) atoms. The molecule has 0 aliphatic rings. The molecule has 0 fully saturated rings. The van der Waals surface area contributed by atoms with E-state index >= 15 is 0 Å². The molecule has 10 nitrogen and oxygen atoms in total. The Hall–Kier alpha value is -4.70. The lowest BCUT2D eigenvalue weighted by molar-refractivity contribution is 0.0686. The minimum Gasteiger partial charge on any atom is -0.507 e. The van der Waals surface area contributed by atoms with Gasteiger partial charge in [-0.25, -0.2) is 9.59 Å². The first-order valence-electron chi connectivity index (χ1n) is 8.25. The van der Waals surface area contributed by atoms with Gasteiger partial charge in [0.15, 0.2) is 12.1 Å². The summed E-state index contributed by atoms with van der Waals surface area (Å²) >= 11 is 0. The number of aliphatic imine (C=N–C) groups is 2. The van der Waals surface area contributed by atoms with E-state index in [9.17, 15) is 30.3 Å². The predicted molar refractivity (Wildman–Crippen MR) is 104 cm³/mol. The van der Waals surface area contributed by atoms with Crippen LogP contribution in [0.1, 0.15) is 31.8 Å². The summed E-state index contributed by atoms with van der Waals surface area (Å²) in [6.07, 6.45) is 2.11. The molecule has 0 aliphatic heterocycles. The lowest BCUT2D eigenvalue weighted by Crippen LogP contribution is -2.20. The number of phenolic OH excluding ortho intramolecular Hbond substituents is 2. The maximum absolute atomic E-state index is 11.0. The molecular weight excluding hydrogens is 392 g/mol. The van der Waals surface area contributed by atoms with Gasteiger partial charge in [0.1, 0.15) is 11.5 Å². The first-order chi connectivity index (χ1) is 14.3. The number of hydrogen-bond donors (Lipinski definition) is 4. The Morgan fingerprint density at radius 2 is 1.17 bits per heavy atom. The maximum Gasteiger partial charge on any atom is 0.335 e. The van der Waals surface area contributed by atoms with Crippen LogP contribution in [0.5, 0.6) is 11.5 Å². The van der Waals surface area contributed by atoms with E-state index in [0.29, 0.717) is 0 Å². The van der Waals surface area contributed by atoms with Gasteiger partial charge in [-0.05, 0) is 36.4 Å². The van der Waals surface area contributed by atoms with Gasteiger partial charge in [0.05, 0.1) is 23.3 Å². The number of rotatable bonds is 7. The van der Waals surface area contributed by atoms with E-state index in [4.69, 9.17) is 10.2 Å². The second-order valence-corrected chi connectivity index (χ2v) is 5.86. The van der Waals surface area contributed by atoms with Gasteiger partial charge < -0.3 is 20.4 Å². The number of benzene rings is 2. The van der Waals surface area contributed by atoms with Crippen LogP contribution in [0, 0.1) is 22.7 Å². The van der Waals surface area contributed by atoms with E-state index in [1.807, 2.05) is 0 Å². The van der Waals surface area contributed by atoms with Gasteiger partial charge in [0.2, 0.25) is 0 Å². The Balaban J connectivity index is 2.29. The molecule has 0 heterocycles. The zero-order chi connectivity index (χ0) is 22.3. The van der Waals surface area contributed by atoms with Crippen LogP contribution in [0.3, 0.4) is 0 Å². The third-order valence-electron chi connectivity index (χ3n) is 3.86. The van der Waals surface area contributed by atoms with E-state index in [-0.39, 0.29) is 33.8 Å². The lowest BCUT2D eigenvalue weighted by Gasteiger charge is -2.08. The fourth-order valence-corrected chi connectivity index (χ4v) is 2.27. The molecule has 0 radical (unpaired) electrons. The van der Waals surface area contributed by atoms with E-state index in [2.05, 4.69) is 9.98 Å². The Morgan fingerprint density at radius 1 is 0.800 bits per heavy atom. The zero-order valence-corrected chi connectivity index (χ0v) is 15.2. The molecule has 0 saturated heterocycles. The molecule has 0 aromatic heterocycles. The number of hydrogen-bond acceptors (Lipinski definition) is 8. The highest BCUT2D eigenvalue weighted by Crippen LogP contribution is 2.19. The molecule has 0 amide bonds. The fourth-order valence-electron chi connectivity index (χ4n) is 2.27. The van der Waals surface area contributed by atoms with E-state index < -0.39 is 24.0 Å². The van der Waals surface area contributed by atoms with Crippen LogP contribution in [0.25, 0.3) is 0 Å². The summed E-state index contributed by atoms with van der Waals surface area (Å²) in [6.45, 7) is 0. The normalized spacial score (nSPS) is 12.9. The lowest BCUT2D eigenvalue weighted by atomic mass is 10.1. The maximum atomic E-state index is 11.0. The van der Waals surface area contributed by atoms with Crippen LogP contribution in [0.4, 0.5) is 0 Å². The fraction of sp³-hybridized carbons (Fsp3) is 0.100. The average molecular weight is 406 g/mol. The monoisotopic (exact) mass is 406 g/mol. The topological polar surface area (TPSA) is 187 Å². The highest BCUT2D eigenvalue weighted by molar-refractivity contribution is 5.93. The number of carboxylic acid groups (broad SMARTS) is 2. The molecule has 2 unspecified atom stereocenters. The van der Waals surface area contributed by atoms with Crippen molar-refractivity contribution in [2.45, 2.75) is 12.1 Å². The first-order valence-corrected chi connectivity index (χ1v) is 8.25. The quantitative estimate of drug-likeness (QED) is 0.501. The second-order valence-electron chi connectivity index (χ2n) is 5.86. The van der Waals surface area contributed by atoms with Gasteiger partial charge >= 0.3 is 11.9 Å². The third kappa shape index (κ3) is 5.18. The Labute approximate surface area is 169 Å². The van der Waals surface area contributed by atoms with Crippen molar-refractivity contribution in [3.63, 3.8) is 0 Å². The summed E-state index contributed by atoms with van der Waals surface area (Å²) in [4.78, 5) is 29.8. The van der Waals surface area contributed by atoms with Gasteiger partial charge in [-0.3, -0.25) is 9.98 Å². The van der Waals surface area contributed by atoms with Crippen molar-refractivity contribution in [3.8, 4) is 23.6 Å². The number of aromatic hydroxyl groups is 2. The van der Waals surface area contributed by atoms with Gasteiger partial charge in [-0.15, -0.1) is 0 Å². The van der Waals surface area contributed by atoms with Crippen molar-refractivity contribution in [2.75, 3.05) is 0 Å². The minimum atomic E-state index is -1.32. The molecule has 2 atom stereocenters. The van der Waals surface area contributed by atoms with Crippen molar-refractivity contribution in [3.05, 3.63) is 58.7 Å². The molecule has 0 spiro atoms. The molecular formula is C20H14N4O6. The molecule has 0 saturated carbocycles. The molecule has 0 bridgehead atoms. The van der Waals surface area contributed by atoms with Crippen LogP contribution >= 0.6 is 0 Å². The molecule has 0 aliphatic carbocycles. The Bertz CT molecular complexity index is 1040. The highest BCUT2D eigenvalue weighted by atomic mass is 16.4. The van der Waals surface area contributed by atoms with Gasteiger partial charge in [-0.1, -0.05) is 0 Å².